The van der Waals surface area contributed by atoms with Gasteiger partial charge in [0.15, 0.2) is 0 Å². The zero-order valence-corrected chi connectivity index (χ0v) is 12.7. The Morgan fingerprint density at radius 2 is 1.79 bits per heavy atom. The van der Waals surface area contributed by atoms with Crippen molar-refractivity contribution in [2.24, 2.45) is 0 Å². The molecule has 5 rings (SSSR count). The van der Waals surface area contributed by atoms with E-state index in [0.717, 1.165) is 32.7 Å². The maximum atomic E-state index is 13.9. The predicted molar refractivity (Wildman–Crippen MR) is 89.8 cm³/mol. The van der Waals surface area contributed by atoms with E-state index in [9.17, 15) is 4.39 Å². The molecule has 0 radical (unpaired) electrons. The third kappa shape index (κ3) is 1.70. The van der Waals surface area contributed by atoms with E-state index in [-0.39, 0.29) is 5.82 Å². The third-order valence-electron chi connectivity index (χ3n) is 4.33. The molecular formula is C18H11FN4O. The molecule has 2 aromatic heterocycles. The van der Waals surface area contributed by atoms with Gasteiger partial charge < -0.3 is 4.74 Å². The van der Waals surface area contributed by atoms with Crippen molar-refractivity contribution < 1.29 is 9.13 Å². The quantitative estimate of drug-likeness (QED) is 0.442. The van der Waals surface area contributed by atoms with E-state index in [4.69, 9.17) is 4.74 Å². The highest BCUT2D eigenvalue weighted by molar-refractivity contribution is 6.24. The molecule has 0 N–H and O–H groups in total. The molecule has 0 bridgehead atoms. The van der Waals surface area contributed by atoms with Crippen molar-refractivity contribution >= 4 is 38.2 Å². The van der Waals surface area contributed by atoms with E-state index in [1.807, 2.05) is 24.4 Å². The summed E-state index contributed by atoms with van der Waals surface area (Å²) in [5.74, 6) is 0.948. The van der Waals surface area contributed by atoms with Crippen molar-refractivity contribution in [2.45, 2.75) is 0 Å². The predicted octanol–water partition coefficient (Wildman–Crippen LogP) is 3.73. The summed E-state index contributed by atoms with van der Waals surface area (Å²) in [6, 6.07) is 10.6. The molecule has 0 aliphatic rings. The fourth-order valence-electron chi connectivity index (χ4n) is 3.23. The number of halogens is 1. The lowest BCUT2D eigenvalue weighted by molar-refractivity contribution is 0.415. The molecule has 0 saturated carbocycles. The van der Waals surface area contributed by atoms with Crippen molar-refractivity contribution in [2.75, 3.05) is 7.11 Å². The lowest BCUT2D eigenvalue weighted by Crippen LogP contribution is -1.93. The first-order chi connectivity index (χ1) is 11.7. The highest BCUT2D eigenvalue weighted by Crippen LogP contribution is 2.36. The molecule has 0 amide bonds. The number of methoxy groups -OCH3 is 1. The molecule has 0 spiro atoms. The van der Waals surface area contributed by atoms with Crippen molar-refractivity contribution in [1.82, 2.24) is 19.6 Å². The van der Waals surface area contributed by atoms with Crippen LogP contribution in [-0.4, -0.2) is 26.7 Å². The molecule has 0 atom stereocenters. The van der Waals surface area contributed by atoms with E-state index >= 15 is 0 Å². The van der Waals surface area contributed by atoms with Crippen molar-refractivity contribution in [3.63, 3.8) is 0 Å². The highest BCUT2D eigenvalue weighted by atomic mass is 19.1. The number of hydrogen-bond donors (Lipinski definition) is 0. The van der Waals surface area contributed by atoms with Crippen LogP contribution in [0.25, 0.3) is 38.2 Å². The van der Waals surface area contributed by atoms with Gasteiger partial charge in [0.2, 0.25) is 0 Å². The minimum absolute atomic E-state index is 0.292. The summed E-state index contributed by atoms with van der Waals surface area (Å²) in [5.41, 5.74) is 0.700. The first-order valence-corrected chi connectivity index (χ1v) is 7.44. The minimum Gasteiger partial charge on any atom is -0.497 e. The van der Waals surface area contributed by atoms with Gasteiger partial charge in [-0.1, -0.05) is 12.1 Å². The van der Waals surface area contributed by atoms with E-state index in [1.165, 1.54) is 12.1 Å². The number of ether oxygens (including phenoxy) is 1. The molecule has 0 aliphatic heterocycles. The fraction of sp³-hybridized carbons (Fsp3) is 0.0556. The Kier molecular flexibility index (Phi) is 2.53. The van der Waals surface area contributed by atoms with Gasteiger partial charge in [-0.15, -0.1) is 10.2 Å². The summed E-state index contributed by atoms with van der Waals surface area (Å²) < 4.78 is 21.0. The molecule has 5 nitrogen and oxygen atoms in total. The Balaban J connectivity index is 2.12. The normalized spacial score (nSPS) is 11.8. The molecule has 5 aromatic rings. The number of hydrogen-bond acceptors (Lipinski definition) is 4. The molecule has 0 saturated heterocycles. The first-order valence-electron chi connectivity index (χ1n) is 7.44. The van der Waals surface area contributed by atoms with Crippen LogP contribution in [0.5, 0.6) is 5.75 Å². The standard InChI is InChI=1S/C18H11FN4O/c1-24-11-3-5-12-13-4-2-10(19)6-15(13)17-16(14(12)7-11)8-23-9-20-22-18(23)21-17/h2-9H,1H3. The number of fused-ring (bicyclic) bond motifs is 7. The average Bonchev–Trinajstić information content (AvgIpc) is 3.07. The van der Waals surface area contributed by atoms with E-state index < -0.39 is 0 Å². The Bertz CT molecular complexity index is 1260. The second kappa shape index (κ2) is 4.61. The number of nitrogens with zero attached hydrogens (tertiary/aromatic N) is 4. The fourth-order valence-corrected chi connectivity index (χ4v) is 3.23. The van der Waals surface area contributed by atoms with Gasteiger partial charge in [-0.2, -0.15) is 0 Å². The molecule has 116 valence electrons. The zero-order valence-electron chi connectivity index (χ0n) is 12.7. The van der Waals surface area contributed by atoms with Gasteiger partial charge in [0.05, 0.1) is 12.6 Å². The van der Waals surface area contributed by atoms with Crippen LogP contribution in [-0.2, 0) is 0 Å². The van der Waals surface area contributed by atoms with Crippen LogP contribution in [0.3, 0.4) is 0 Å². The zero-order chi connectivity index (χ0) is 16.3. The van der Waals surface area contributed by atoms with E-state index in [1.54, 1.807) is 23.9 Å². The lowest BCUT2D eigenvalue weighted by atomic mass is 9.97. The van der Waals surface area contributed by atoms with Crippen molar-refractivity contribution in [3.05, 3.63) is 54.7 Å². The van der Waals surface area contributed by atoms with Crippen LogP contribution in [0, 0.1) is 5.82 Å². The smallest absolute Gasteiger partial charge is 0.255 e. The number of aromatic nitrogens is 4. The van der Waals surface area contributed by atoms with Gasteiger partial charge >= 0.3 is 0 Å². The Morgan fingerprint density at radius 3 is 2.67 bits per heavy atom. The van der Waals surface area contributed by atoms with Crippen LogP contribution >= 0.6 is 0 Å². The number of benzene rings is 3. The molecule has 3 aromatic carbocycles. The van der Waals surface area contributed by atoms with Gasteiger partial charge in [-0.05, 0) is 40.4 Å². The van der Waals surface area contributed by atoms with Crippen LogP contribution in [0.4, 0.5) is 4.39 Å². The molecule has 0 aliphatic carbocycles. The lowest BCUT2D eigenvalue weighted by Gasteiger charge is -2.11. The van der Waals surface area contributed by atoms with Gasteiger partial charge in [0.1, 0.15) is 17.9 Å². The van der Waals surface area contributed by atoms with Gasteiger partial charge in [0.25, 0.3) is 5.78 Å². The summed E-state index contributed by atoms with van der Waals surface area (Å²) in [6.45, 7) is 0. The van der Waals surface area contributed by atoms with E-state index in [2.05, 4.69) is 15.2 Å². The number of rotatable bonds is 1. The van der Waals surface area contributed by atoms with Crippen LogP contribution in [0.1, 0.15) is 0 Å². The first kappa shape index (κ1) is 13.2. The Morgan fingerprint density at radius 1 is 0.958 bits per heavy atom. The third-order valence-corrected chi connectivity index (χ3v) is 4.33. The Labute approximate surface area is 135 Å². The topological polar surface area (TPSA) is 52.3 Å². The molecule has 0 unspecified atom stereocenters. The highest BCUT2D eigenvalue weighted by Gasteiger charge is 2.13. The minimum atomic E-state index is -0.292. The molecule has 2 heterocycles. The summed E-state index contributed by atoms with van der Waals surface area (Å²) >= 11 is 0. The summed E-state index contributed by atoms with van der Waals surface area (Å²) in [6.07, 6.45) is 3.52. The van der Waals surface area contributed by atoms with Crippen LogP contribution in [0.15, 0.2) is 48.9 Å². The van der Waals surface area contributed by atoms with Crippen molar-refractivity contribution in [1.29, 1.82) is 0 Å². The monoisotopic (exact) mass is 318 g/mol. The second-order valence-electron chi connectivity index (χ2n) is 5.64. The average molecular weight is 318 g/mol. The maximum Gasteiger partial charge on any atom is 0.255 e. The van der Waals surface area contributed by atoms with E-state index in [0.29, 0.717) is 11.3 Å². The second-order valence-corrected chi connectivity index (χ2v) is 5.64. The van der Waals surface area contributed by atoms with Crippen LogP contribution in [0.2, 0.25) is 0 Å². The van der Waals surface area contributed by atoms with Crippen LogP contribution < -0.4 is 4.74 Å². The molecule has 0 fully saturated rings. The molecule has 24 heavy (non-hydrogen) atoms. The summed E-state index contributed by atoms with van der Waals surface area (Å²) in [7, 11) is 1.63. The Hall–Kier alpha value is -3.28. The van der Waals surface area contributed by atoms with Gasteiger partial charge in [-0.3, -0.25) is 4.40 Å². The SMILES string of the molecule is COc1ccc2c3ccc(F)cc3c3nc4nncn4cc3c2c1. The largest absolute Gasteiger partial charge is 0.497 e. The maximum absolute atomic E-state index is 13.9. The van der Waals surface area contributed by atoms with Gasteiger partial charge in [-0.25, -0.2) is 9.37 Å². The summed E-state index contributed by atoms with van der Waals surface area (Å²) in [5, 5.41) is 12.5. The van der Waals surface area contributed by atoms with Crippen molar-refractivity contribution in [3.8, 4) is 5.75 Å². The molecular weight excluding hydrogens is 307 g/mol. The molecule has 6 heteroatoms. The van der Waals surface area contributed by atoms with Gasteiger partial charge in [0, 0.05) is 17.0 Å². The summed E-state index contributed by atoms with van der Waals surface area (Å²) in [4.78, 5) is 4.59.